The second-order valence-corrected chi connectivity index (χ2v) is 7.89. The van der Waals surface area contributed by atoms with E-state index in [1.807, 2.05) is 22.3 Å². The minimum absolute atomic E-state index is 0.248. The molecule has 2 aromatic rings. The van der Waals surface area contributed by atoms with E-state index < -0.39 is 5.60 Å². The zero-order chi connectivity index (χ0) is 17.2. The van der Waals surface area contributed by atoms with Crippen LogP contribution in [0.5, 0.6) is 0 Å². The molecule has 1 aliphatic carbocycles. The van der Waals surface area contributed by atoms with Crippen LogP contribution in [0.15, 0.2) is 17.6 Å². The molecule has 0 aliphatic heterocycles. The minimum Gasteiger partial charge on any atom is -0.384 e. The van der Waals surface area contributed by atoms with Crippen LogP contribution in [0.25, 0.3) is 0 Å². The zero-order valence-electron chi connectivity index (χ0n) is 14.1. The standard InChI is InChI=1S/C17H23N5OS/c1-17(2,23)16-10-22(21-20-16)15-6-4-3-5-14(15)19-9-13-7-12(8-18)11-24-13/h7,10-11,14-15,19,23H,3-6,9H2,1-2H3/t14-,15+/m0/s1. The molecule has 0 radical (unpaired) electrons. The van der Waals surface area contributed by atoms with Crippen molar-refractivity contribution in [2.45, 2.75) is 63.8 Å². The van der Waals surface area contributed by atoms with Crippen molar-refractivity contribution in [3.05, 3.63) is 33.8 Å². The lowest BCUT2D eigenvalue weighted by molar-refractivity contribution is 0.0736. The molecule has 0 bridgehead atoms. The summed E-state index contributed by atoms with van der Waals surface area (Å²) in [6.07, 6.45) is 6.40. The summed E-state index contributed by atoms with van der Waals surface area (Å²) in [6, 6.07) is 4.69. The summed E-state index contributed by atoms with van der Waals surface area (Å²) in [5.74, 6) is 0. The van der Waals surface area contributed by atoms with Crippen molar-refractivity contribution < 1.29 is 5.11 Å². The number of hydrogen-bond donors (Lipinski definition) is 2. The maximum Gasteiger partial charge on any atom is 0.114 e. The third kappa shape index (κ3) is 3.83. The number of aliphatic hydroxyl groups is 1. The van der Waals surface area contributed by atoms with E-state index in [0.717, 1.165) is 24.9 Å². The Bertz CT molecular complexity index is 724. The number of hydrogen-bond acceptors (Lipinski definition) is 6. The fourth-order valence-electron chi connectivity index (χ4n) is 3.15. The summed E-state index contributed by atoms with van der Waals surface area (Å²) in [5, 5.41) is 32.9. The number of thiophene rings is 1. The molecule has 0 saturated heterocycles. The third-order valence-electron chi connectivity index (χ3n) is 4.53. The molecule has 1 aliphatic rings. The number of rotatable bonds is 5. The van der Waals surface area contributed by atoms with Gasteiger partial charge < -0.3 is 10.4 Å². The van der Waals surface area contributed by atoms with Crippen LogP contribution in [0, 0.1) is 11.3 Å². The topological polar surface area (TPSA) is 86.8 Å². The Hall–Kier alpha value is -1.75. The second-order valence-electron chi connectivity index (χ2n) is 6.90. The van der Waals surface area contributed by atoms with Crippen LogP contribution < -0.4 is 5.32 Å². The molecule has 24 heavy (non-hydrogen) atoms. The maximum atomic E-state index is 10.1. The first-order chi connectivity index (χ1) is 11.5. The third-order valence-corrected chi connectivity index (χ3v) is 5.46. The first-order valence-corrected chi connectivity index (χ1v) is 9.21. The maximum absolute atomic E-state index is 10.1. The number of nitrogens with zero attached hydrogens (tertiary/aromatic N) is 4. The molecule has 1 fully saturated rings. The van der Waals surface area contributed by atoms with Gasteiger partial charge in [0.1, 0.15) is 17.4 Å². The molecular weight excluding hydrogens is 322 g/mol. The smallest absolute Gasteiger partial charge is 0.114 e. The molecule has 0 spiro atoms. The van der Waals surface area contributed by atoms with Crippen molar-refractivity contribution in [2.75, 3.05) is 0 Å². The number of aromatic nitrogens is 3. The van der Waals surface area contributed by atoms with Crippen LogP contribution in [0.1, 0.15) is 61.7 Å². The van der Waals surface area contributed by atoms with Gasteiger partial charge in [0.05, 0.1) is 17.8 Å². The molecule has 2 atom stereocenters. The Balaban J connectivity index is 1.69. The van der Waals surface area contributed by atoms with Crippen LogP contribution in [0.4, 0.5) is 0 Å². The molecule has 0 aromatic carbocycles. The van der Waals surface area contributed by atoms with E-state index in [0.29, 0.717) is 11.7 Å². The van der Waals surface area contributed by atoms with E-state index in [2.05, 4.69) is 21.7 Å². The quantitative estimate of drug-likeness (QED) is 0.870. The van der Waals surface area contributed by atoms with Crippen LogP contribution in [0.3, 0.4) is 0 Å². The van der Waals surface area contributed by atoms with E-state index in [-0.39, 0.29) is 6.04 Å². The molecule has 2 N–H and O–H groups in total. The molecule has 6 nitrogen and oxygen atoms in total. The van der Waals surface area contributed by atoms with Gasteiger partial charge in [0.2, 0.25) is 0 Å². The van der Waals surface area contributed by atoms with Crippen molar-refractivity contribution in [3.63, 3.8) is 0 Å². The Morgan fingerprint density at radius 3 is 2.92 bits per heavy atom. The van der Waals surface area contributed by atoms with Crippen molar-refractivity contribution >= 4 is 11.3 Å². The Labute approximate surface area is 146 Å². The first kappa shape index (κ1) is 17.1. The normalized spacial score (nSPS) is 21.6. The van der Waals surface area contributed by atoms with Crippen LogP contribution in [-0.2, 0) is 12.1 Å². The first-order valence-electron chi connectivity index (χ1n) is 8.33. The van der Waals surface area contributed by atoms with Gasteiger partial charge in [-0.15, -0.1) is 16.4 Å². The van der Waals surface area contributed by atoms with Gasteiger partial charge in [0.25, 0.3) is 0 Å². The summed E-state index contributed by atoms with van der Waals surface area (Å²) in [6.45, 7) is 4.21. The zero-order valence-corrected chi connectivity index (χ0v) is 14.9. The van der Waals surface area contributed by atoms with Gasteiger partial charge in [0, 0.05) is 22.8 Å². The molecule has 0 unspecified atom stereocenters. The fourth-order valence-corrected chi connectivity index (χ4v) is 3.91. The summed E-state index contributed by atoms with van der Waals surface area (Å²) in [5.41, 5.74) is 0.354. The Morgan fingerprint density at radius 2 is 2.25 bits per heavy atom. The van der Waals surface area contributed by atoms with Gasteiger partial charge in [-0.2, -0.15) is 5.26 Å². The van der Waals surface area contributed by atoms with Crippen molar-refractivity contribution in [1.82, 2.24) is 20.3 Å². The monoisotopic (exact) mass is 345 g/mol. The summed E-state index contributed by atoms with van der Waals surface area (Å²) < 4.78 is 1.90. The van der Waals surface area contributed by atoms with Gasteiger partial charge in [0.15, 0.2) is 0 Å². The fraction of sp³-hybridized carbons (Fsp3) is 0.588. The van der Waals surface area contributed by atoms with Gasteiger partial charge in [-0.1, -0.05) is 18.1 Å². The van der Waals surface area contributed by atoms with Crippen molar-refractivity contribution in [3.8, 4) is 6.07 Å². The van der Waals surface area contributed by atoms with E-state index in [9.17, 15) is 5.11 Å². The molecule has 0 amide bonds. The van der Waals surface area contributed by atoms with E-state index in [4.69, 9.17) is 5.26 Å². The molecule has 2 aromatic heterocycles. The van der Waals surface area contributed by atoms with Crippen LogP contribution >= 0.6 is 11.3 Å². The molecule has 1 saturated carbocycles. The number of nitrogens with one attached hydrogen (secondary N) is 1. The second kappa shape index (κ2) is 7.01. The summed E-state index contributed by atoms with van der Waals surface area (Å²) in [4.78, 5) is 1.17. The molecule has 3 rings (SSSR count). The molecule has 2 heterocycles. The van der Waals surface area contributed by atoms with Gasteiger partial charge in [-0.3, -0.25) is 0 Å². The average Bonchev–Trinajstić information content (AvgIpc) is 3.22. The predicted molar refractivity (Wildman–Crippen MR) is 92.4 cm³/mol. The summed E-state index contributed by atoms with van der Waals surface area (Å²) in [7, 11) is 0. The molecular formula is C17H23N5OS. The highest BCUT2D eigenvalue weighted by Gasteiger charge is 2.29. The van der Waals surface area contributed by atoms with Crippen LogP contribution in [0.2, 0.25) is 0 Å². The predicted octanol–water partition coefficient (Wildman–Crippen LogP) is 2.71. The molecule has 128 valence electrons. The largest absolute Gasteiger partial charge is 0.384 e. The van der Waals surface area contributed by atoms with Crippen molar-refractivity contribution in [1.29, 1.82) is 5.26 Å². The van der Waals surface area contributed by atoms with E-state index >= 15 is 0 Å². The lowest BCUT2D eigenvalue weighted by atomic mass is 9.90. The Kier molecular flexibility index (Phi) is 4.99. The van der Waals surface area contributed by atoms with Gasteiger partial charge in [-0.25, -0.2) is 4.68 Å². The highest BCUT2D eigenvalue weighted by molar-refractivity contribution is 7.10. The van der Waals surface area contributed by atoms with Gasteiger partial charge in [-0.05, 0) is 32.8 Å². The van der Waals surface area contributed by atoms with E-state index in [1.165, 1.54) is 17.7 Å². The van der Waals surface area contributed by atoms with Crippen LogP contribution in [-0.4, -0.2) is 26.1 Å². The average molecular weight is 345 g/mol. The summed E-state index contributed by atoms with van der Waals surface area (Å²) >= 11 is 1.61. The minimum atomic E-state index is -0.972. The number of nitriles is 1. The lowest BCUT2D eigenvalue weighted by Crippen LogP contribution is -2.39. The highest BCUT2D eigenvalue weighted by Crippen LogP contribution is 2.29. The SMILES string of the molecule is CC(C)(O)c1cn([C@@H]2CCCC[C@@H]2NCc2cc(C#N)cs2)nn1. The lowest BCUT2D eigenvalue weighted by Gasteiger charge is -2.32. The molecule has 7 heteroatoms. The van der Waals surface area contributed by atoms with Gasteiger partial charge >= 0.3 is 0 Å². The highest BCUT2D eigenvalue weighted by atomic mass is 32.1. The van der Waals surface area contributed by atoms with E-state index in [1.54, 1.807) is 25.2 Å². The van der Waals surface area contributed by atoms with Crippen molar-refractivity contribution in [2.24, 2.45) is 0 Å². The Morgan fingerprint density at radius 1 is 1.46 bits per heavy atom.